The van der Waals surface area contributed by atoms with Crippen molar-refractivity contribution in [1.82, 2.24) is 0 Å². The second kappa shape index (κ2) is 7.61. The average Bonchev–Trinajstić information content (AvgIpc) is 2.69. The van der Waals surface area contributed by atoms with Crippen LogP contribution >= 0.6 is 0 Å². The summed E-state index contributed by atoms with van der Waals surface area (Å²) in [6.45, 7) is 0. The van der Waals surface area contributed by atoms with Gasteiger partial charge in [0.15, 0.2) is 0 Å². The number of carbonyl (C=O) groups is 1. The molecule has 3 rings (SSSR count). The van der Waals surface area contributed by atoms with Crippen LogP contribution in [0.3, 0.4) is 0 Å². The number of rotatable bonds is 5. The molecule has 0 spiro atoms. The van der Waals surface area contributed by atoms with Crippen molar-refractivity contribution in [1.29, 1.82) is 0 Å². The standard InChI is InChI=1S/C21H17NO4/c1-26-21(23)20(16-10-6-3-7-11-16)17-12-13-19(22(24)25)18(14-17)15-8-4-2-5-9-15/h2-14,20H,1H3/t20-/m0/s1. The smallest absolute Gasteiger partial charge is 0.317 e. The van der Waals surface area contributed by atoms with Crippen LogP contribution in [-0.2, 0) is 9.53 Å². The summed E-state index contributed by atoms with van der Waals surface area (Å²) in [5, 5.41) is 11.5. The van der Waals surface area contributed by atoms with Gasteiger partial charge in [-0.15, -0.1) is 0 Å². The minimum atomic E-state index is -0.649. The van der Waals surface area contributed by atoms with Gasteiger partial charge in [0, 0.05) is 6.07 Å². The third kappa shape index (κ3) is 3.47. The predicted octanol–water partition coefficient (Wildman–Crippen LogP) is 4.57. The SMILES string of the molecule is COC(=O)[C@@H](c1ccccc1)c1ccc([N+](=O)[O-])c(-c2ccccc2)c1. The van der Waals surface area contributed by atoms with Gasteiger partial charge < -0.3 is 4.74 Å². The topological polar surface area (TPSA) is 69.4 Å². The van der Waals surface area contributed by atoms with E-state index in [4.69, 9.17) is 4.74 Å². The molecule has 0 fully saturated rings. The van der Waals surface area contributed by atoms with E-state index in [1.807, 2.05) is 60.7 Å². The number of carbonyl (C=O) groups excluding carboxylic acids is 1. The summed E-state index contributed by atoms with van der Waals surface area (Å²) in [5.41, 5.74) is 2.60. The minimum Gasteiger partial charge on any atom is -0.468 e. The molecule has 26 heavy (non-hydrogen) atoms. The number of nitrogens with zero attached hydrogens (tertiary/aromatic N) is 1. The highest BCUT2D eigenvalue weighted by Crippen LogP contribution is 2.35. The van der Waals surface area contributed by atoms with Gasteiger partial charge in [-0.3, -0.25) is 14.9 Å². The Morgan fingerprint density at radius 2 is 1.54 bits per heavy atom. The molecule has 0 radical (unpaired) electrons. The third-order valence-corrected chi connectivity index (χ3v) is 4.21. The van der Waals surface area contributed by atoms with Crippen molar-refractivity contribution in [3.05, 3.63) is 100 Å². The van der Waals surface area contributed by atoms with Gasteiger partial charge in [0.25, 0.3) is 5.69 Å². The van der Waals surface area contributed by atoms with Crippen LogP contribution in [0.2, 0.25) is 0 Å². The molecule has 1 atom stereocenters. The number of nitro benzene ring substituents is 1. The fourth-order valence-corrected chi connectivity index (χ4v) is 2.97. The summed E-state index contributed by atoms with van der Waals surface area (Å²) >= 11 is 0. The Morgan fingerprint density at radius 1 is 0.923 bits per heavy atom. The first-order valence-electron chi connectivity index (χ1n) is 8.08. The van der Waals surface area contributed by atoms with Crippen LogP contribution in [0, 0.1) is 10.1 Å². The lowest BCUT2D eigenvalue weighted by Gasteiger charge is -2.17. The monoisotopic (exact) mass is 347 g/mol. The van der Waals surface area contributed by atoms with Gasteiger partial charge >= 0.3 is 5.97 Å². The lowest BCUT2D eigenvalue weighted by molar-refractivity contribution is -0.384. The zero-order chi connectivity index (χ0) is 18.5. The maximum atomic E-state index is 12.4. The van der Waals surface area contributed by atoms with Crippen LogP contribution in [0.25, 0.3) is 11.1 Å². The molecule has 0 aliphatic heterocycles. The molecule has 3 aromatic carbocycles. The molecule has 3 aromatic rings. The van der Waals surface area contributed by atoms with Crippen molar-refractivity contribution in [3.8, 4) is 11.1 Å². The number of hydrogen-bond donors (Lipinski definition) is 0. The van der Waals surface area contributed by atoms with E-state index in [0.29, 0.717) is 11.1 Å². The summed E-state index contributed by atoms with van der Waals surface area (Å²) in [4.78, 5) is 23.5. The number of methoxy groups -OCH3 is 1. The normalized spacial score (nSPS) is 11.6. The van der Waals surface area contributed by atoms with Gasteiger partial charge in [0.05, 0.1) is 17.6 Å². The Balaban J connectivity index is 2.18. The first-order chi connectivity index (χ1) is 12.6. The number of esters is 1. The molecule has 0 unspecified atom stereocenters. The van der Waals surface area contributed by atoms with Gasteiger partial charge in [-0.05, 0) is 22.8 Å². The van der Waals surface area contributed by atoms with E-state index in [1.165, 1.54) is 13.2 Å². The van der Waals surface area contributed by atoms with Gasteiger partial charge in [-0.1, -0.05) is 66.7 Å². The van der Waals surface area contributed by atoms with Crippen LogP contribution < -0.4 is 0 Å². The second-order valence-corrected chi connectivity index (χ2v) is 5.77. The molecule has 0 saturated carbocycles. The number of nitro groups is 1. The molecular weight excluding hydrogens is 330 g/mol. The molecule has 5 heteroatoms. The van der Waals surface area contributed by atoms with Crippen molar-refractivity contribution in [2.24, 2.45) is 0 Å². The fourth-order valence-electron chi connectivity index (χ4n) is 2.97. The van der Waals surface area contributed by atoms with Crippen LogP contribution in [-0.4, -0.2) is 18.0 Å². The van der Waals surface area contributed by atoms with Crippen molar-refractivity contribution >= 4 is 11.7 Å². The van der Waals surface area contributed by atoms with Gasteiger partial charge in [0.1, 0.15) is 5.92 Å². The number of benzene rings is 3. The molecule has 0 aliphatic rings. The van der Waals surface area contributed by atoms with E-state index in [1.54, 1.807) is 12.1 Å². The fraction of sp³-hybridized carbons (Fsp3) is 0.0952. The second-order valence-electron chi connectivity index (χ2n) is 5.77. The zero-order valence-electron chi connectivity index (χ0n) is 14.2. The maximum absolute atomic E-state index is 12.4. The Hall–Kier alpha value is -3.47. The maximum Gasteiger partial charge on any atom is 0.317 e. The van der Waals surface area contributed by atoms with E-state index in [2.05, 4.69) is 0 Å². The molecule has 0 saturated heterocycles. The Kier molecular flexibility index (Phi) is 5.08. The van der Waals surface area contributed by atoms with E-state index in [-0.39, 0.29) is 5.69 Å². The van der Waals surface area contributed by atoms with Crippen molar-refractivity contribution in [2.45, 2.75) is 5.92 Å². The summed E-state index contributed by atoms with van der Waals surface area (Å²) in [7, 11) is 1.34. The molecule has 0 N–H and O–H groups in total. The highest BCUT2D eigenvalue weighted by Gasteiger charge is 2.26. The van der Waals surface area contributed by atoms with Gasteiger partial charge in [-0.25, -0.2) is 0 Å². The van der Waals surface area contributed by atoms with Crippen LogP contribution in [0.4, 0.5) is 5.69 Å². The third-order valence-electron chi connectivity index (χ3n) is 4.21. The largest absolute Gasteiger partial charge is 0.468 e. The number of hydrogen-bond acceptors (Lipinski definition) is 4. The quantitative estimate of drug-likeness (QED) is 0.385. The van der Waals surface area contributed by atoms with Crippen molar-refractivity contribution in [2.75, 3.05) is 7.11 Å². The summed E-state index contributed by atoms with van der Waals surface area (Å²) < 4.78 is 4.97. The van der Waals surface area contributed by atoms with E-state index in [9.17, 15) is 14.9 Å². The molecular formula is C21H17NO4. The minimum absolute atomic E-state index is 0.00312. The average molecular weight is 347 g/mol. The lowest BCUT2D eigenvalue weighted by Crippen LogP contribution is -2.16. The number of ether oxygens (including phenoxy) is 1. The highest BCUT2D eigenvalue weighted by molar-refractivity contribution is 5.84. The Labute approximate surface area is 151 Å². The van der Waals surface area contributed by atoms with Gasteiger partial charge in [-0.2, -0.15) is 0 Å². The van der Waals surface area contributed by atoms with Gasteiger partial charge in [0.2, 0.25) is 0 Å². The molecule has 0 aromatic heterocycles. The molecule has 0 heterocycles. The highest BCUT2D eigenvalue weighted by atomic mass is 16.6. The van der Waals surface area contributed by atoms with Crippen LogP contribution in [0.15, 0.2) is 78.9 Å². The Morgan fingerprint density at radius 3 is 2.12 bits per heavy atom. The first kappa shape index (κ1) is 17.4. The molecule has 0 amide bonds. The molecule has 130 valence electrons. The predicted molar refractivity (Wildman–Crippen MR) is 98.8 cm³/mol. The summed E-state index contributed by atoms with van der Waals surface area (Å²) in [6.07, 6.45) is 0. The van der Waals surface area contributed by atoms with Crippen LogP contribution in [0.1, 0.15) is 17.0 Å². The Bertz CT molecular complexity index is 923. The van der Waals surface area contributed by atoms with Crippen molar-refractivity contribution in [3.63, 3.8) is 0 Å². The van der Waals surface area contributed by atoms with E-state index < -0.39 is 16.8 Å². The summed E-state index contributed by atoms with van der Waals surface area (Å²) in [5.74, 6) is -1.06. The lowest BCUT2D eigenvalue weighted by atomic mass is 9.89. The van der Waals surface area contributed by atoms with Crippen molar-refractivity contribution < 1.29 is 14.5 Å². The molecule has 5 nitrogen and oxygen atoms in total. The molecule has 0 bridgehead atoms. The first-order valence-corrected chi connectivity index (χ1v) is 8.08. The van der Waals surface area contributed by atoms with E-state index >= 15 is 0 Å². The van der Waals surface area contributed by atoms with E-state index in [0.717, 1.165) is 11.1 Å². The molecule has 0 aliphatic carbocycles. The zero-order valence-corrected chi connectivity index (χ0v) is 14.2. The summed E-state index contributed by atoms with van der Waals surface area (Å²) in [6, 6.07) is 23.1. The van der Waals surface area contributed by atoms with Crippen LogP contribution in [0.5, 0.6) is 0 Å².